The van der Waals surface area contributed by atoms with Crippen LogP contribution in [0.5, 0.6) is 0 Å². The predicted octanol–water partition coefficient (Wildman–Crippen LogP) is -5.80. The van der Waals surface area contributed by atoms with Crippen molar-refractivity contribution < 1.29 is 78.9 Å². The van der Waals surface area contributed by atoms with Crippen molar-refractivity contribution >= 4 is 23.9 Å². The van der Waals surface area contributed by atoms with Crippen LogP contribution in [0, 0.1) is 0 Å². The third kappa shape index (κ3) is 2900. The molecule has 0 rings (SSSR count). The number of hydrogen-bond acceptors (Lipinski definition) is 8. The zero-order chi connectivity index (χ0) is 14.3. The Balaban J connectivity index is -0.0000000192. The van der Waals surface area contributed by atoms with Crippen LogP contribution in [0.15, 0.2) is 0 Å². The first kappa shape index (κ1) is 43.0. The number of rotatable bonds is 0. The molecule has 0 amide bonds. The fourth-order valence-electron chi connectivity index (χ4n) is 0. The van der Waals surface area contributed by atoms with Crippen LogP contribution in [0.25, 0.3) is 0 Å². The Kier molecular flexibility index (Phi) is 81.5. The van der Waals surface area contributed by atoms with Gasteiger partial charge >= 0.3 is 33.8 Å². The van der Waals surface area contributed by atoms with Crippen molar-refractivity contribution in [3.8, 4) is 0 Å². The second-order valence-electron chi connectivity index (χ2n) is 1.97. The summed E-state index contributed by atoms with van der Waals surface area (Å²) < 4.78 is 0. The van der Waals surface area contributed by atoms with E-state index in [9.17, 15) is 0 Å². The van der Waals surface area contributed by atoms with E-state index in [1.165, 1.54) is 0 Å². The number of carbonyl (C=O) groups excluding carboxylic acids is 4. The summed E-state index contributed by atoms with van der Waals surface area (Å²) in [5.74, 6) is -4.33. The summed E-state index contributed by atoms with van der Waals surface area (Å²) in [6.07, 6.45) is 0. The van der Waals surface area contributed by atoms with Gasteiger partial charge < -0.3 is 45.1 Å². The first-order chi connectivity index (χ1) is 6.93. The van der Waals surface area contributed by atoms with Gasteiger partial charge in [0, 0.05) is 23.9 Å². The van der Waals surface area contributed by atoms with E-state index in [1.807, 2.05) is 0 Å². The van der Waals surface area contributed by atoms with Crippen molar-refractivity contribution in [1.82, 2.24) is 0 Å². The van der Waals surface area contributed by atoms with Crippen molar-refractivity contribution in [2.45, 2.75) is 27.7 Å². The monoisotopic (exact) mass is 368 g/mol. The molecule has 0 saturated heterocycles. The molecule has 0 atom stereocenters. The van der Waals surface area contributed by atoms with E-state index in [2.05, 4.69) is 0 Å². The molecule has 0 bridgehead atoms. The van der Waals surface area contributed by atoms with E-state index >= 15 is 0 Å². The molecule has 0 aliphatic heterocycles. The van der Waals surface area contributed by atoms with Crippen molar-refractivity contribution in [3.63, 3.8) is 0 Å². The van der Waals surface area contributed by atoms with Crippen molar-refractivity contribution in [2.24, 2.45) is 0 Å². The summed E-state index contributed by atoms with van der Waals surface area (Å²) in [6.45, 7) is 3.89. The summed E-state index contributed by atoms with van der Waals surface area (Å²) >= 11 is 0. The Morgan fingerprint density at radius 2 is 0.579 bits per heavy atom. The number of hydrogen-bond donors (Lipinski definition) is 0. The third-order valence-corrected chi connectivity index (χ3v) is 0. The molecule has 11 heteroatoms. The Labute approximate surface area is 131 Å². The van der Waals surface area contributed by atoms with Crippen LogP contribution in [0.3, 0.4) is 0 Å². The van der Waals surface area contributed by atoms with Crippen LogP contribution in [0.4, 0.5) is 0 Å². The molecule has 9 nitrogen and oxygen atoms in total. The Hall–Kier alpha value is -1.13. The minimum Gasteiger partial charge on any atom is -0.550 e. The van der Waals surface area contributed by atoms with Crippen LogP contribution < -0.4 is 20.4 Å². The Morgan fingerprint density at radius 1 is 0.579 bits per heavy atom. The summed E-state index contributed by atoms with van der Waals surface area (Å²) in [5, 5.41) is 35.6. The molecular formula is C8H14CoMnO9. The normalized spacial score (nSPS) is 5.26. The van der Waals surface area contributed by atoms with Gasteiger partial charge in [0.05, 0.1) is 0 Å². The molecular weight excluding hydrogens is 354 g/mol. The van der Waals surface area contributed by atoms with Gasteiger partial charge in [-0.1, -0.05) is 0 Å². The Morgan fingerprint density at radius 3 is 0.579 bits per heavy atom. The smallest absolute Gasteiger partial charge is 0.550 e. The van der Waals surface area contributed by atoms with Gasteiger partial charge in [0.1, 0.15) is 0 Å². The van der Waals surface area contributed by atoms with Crippen LogP contribution in [-0.2, 0) is 53.0 Å². The van der Waals surface area contributed by atoms with Gasteiger partial charge in [0.25, 0.3) is 0 Å². The minimum atomic E-state index is -1.08. The largest absolute Gasteiger partial charge is 2.00 e. The zero-order valence-corrected chi connectivity index (χ0v) is 12.7. The molecule has 2 N–H and O–H groups in total. The fourth-order valence-corrected chi connectivity index (χ4v) is 0. The van der Waals surface area contributed by atoms with Gasteiger partial charge in [-0.25, -0.2) is 0 Å². The maximum atomic E-state index is 8.89. The number of carbonyl (C=O) groups is 4. The van der Waals surface area contributed by atoms with E-state index in [-0.39, 0.29) is 39.3 Å². The molecule has 0 aliphatic carbocycles. The summed E-state index contributed by atoms with van der Waals surface area (Å²) in [7, 11) is 0. The first-order valence-corrected chi connectivity index (χ1v) is 3.63. The molecule has 0 spiro atoms. The molecule has 0 unspecified atom stereocenters. The molecule has 116 valence electrons. The van der Waals surface area contributed by atoms with E-state index < -0.39 is 23.9 Å². The molecule has 0 aliphatic rings. The summed E-state index contributed by atoms with van der Waals surface area (Å²) in [5.41, 5.74) is 0. The molecule has 2 radical (unpaired) electrons. The molecule has 0 aromatic rings. The van der Waals surface area contributed by atoms with Crippen LogP contribution in [0.2, 0.25) is 0 Å². The molecule has 0 aromatic carbocycles. The fraction of sp³-hybridized carbons (Fsp3) is 0.500. The van der Waals surface area contributed by atoms with Gasteiger partial charge in [-0.15, -0.1) is 0 Å². The standard InChI is InChI=1S/4C2H4O2.Co.Mn.H2O/c4*1-2(3)4;;;/h4*1H3,(H,3,4);;;1H2/q;;;;2*+2;/p-4. The summed E-state index contributed by atoms with van der Waals surface area (Å²) in [6, 6.07) is 0. The van der Waals surface area contributed by atoms with Crippen LogP contribution >= 0.6 is 0 Å². The second-order valence-corrected chi connectivity index (χ2v) is 1.97. The molecule has 0 aromatic heterocycles. The minimum absolute atomic E-state index is 0. The summed E-state index contributed by atoms with van der Waals surface area (Å²) in [4.78, 5) is 35.6. The van der Waals surface area contributed by atoms with Gasteiger partial charge in [-0.3, -0.25) is 0 Å². The molecule has 0 saturated carbocycles. The molecule has 19 heavy (non-hydrogen) atoms. The molecule has 0 heterocycles. The third-order valence-electron chi connectivity index (χ3n) is 0. The average Bonchev–Trinajstić information content (AvgIpc) is 1.76. The maximum absolute atomic E-state index is 8.89. The second kappa shape index (κ2) is 36.0. The van der Waals surface area contributed by atoms with Gasteiger partial charge in [0.15, 0.2) is 0 Å². The Bertz CT molecular complexity index is 168. The van der Waals surface area contributed by atoms with Gasteiger partial charge in [-0.05, 0) is 27.7 Å². The molecule has 0 fully saturated rings. The van der Waals surface area contributed by atoms with Gasteiger partial charge in [0.2, 0.25) is 0 Å². The SMILES string of the molecule is CC(=O)[O-].CC(=O)[O-].CC(=O)[O-].CC(=O)[O-].O.[Co+2].[Mn+2]. The average molecular weight is 368 g/mol. The number of carboxylic acids is 4. The van der Waals surface area contributed by atoms with Crippen molar-refractivity contribution in [1.29, 1.82) is 0 Å². The van der Waals surface area contributed by atoms with Crippen LogP contribution in [0.1, 0.15) is 27.7 Å². The topological polar surface area (TPSA) is 192 Å². The van der Waals surface area contributed by atoms with E-state index in [0.717, 1.165) is 27.7 Å². The van der Waals surface area contributed by atoms with Crippen LogP contribution in [-0.4, -0.2) is 29.4 Å². The van der Waals surface area contributed by atoms with E-state index in [0.29, 0.717) is 0 Å². The quantitative estimate of drug-likeness (QED) is 0.377. The van der Waals surface area contributed by atoms with E-state index in [1.54, 1.807) is 0 Å². The van der Waals surface area contributed by atoms with E-state index in [4.69, 9.17) is 39.6 Å². The predicted molar refractivity (Wildman–Crippen MR) is 46.3 cm³/mol. The number of carboxylic acid groups (broad SMARTS) is 4. The zero-order valence-electron chi connectivity index (χ0n) is 10.5. The maximum Gasteiger partial charge on any atom is 2.00 e. The van der Waals surface area contributed by atoms with Crippen molar-refractivity contribution in [2.75, 3.05) is 0 Å². The first-order valence-electron chi connectivity index (χ1n) is 3.63. The number of aliphatic carboxylic acids is 4. The van der Waals surface area contributed by atoms with Crippen molar-refractivity contribution in [3.05, 3.63) is 0 Å². The van der Waals surface area contributed by atoms with Gasteiger partial charge in [-0.2, -0.15) is 0 Å².